The van der Waals surface area contributed by atoms with E-state index in [1.165, 1.54) is 31.2 Å². The third-order valence-electron chi connectivity index (χ3n) is 3.44. The molecule has 0 saturated heterocycles. The third-order valence-corrected chi connectivity index (χ3v) is 3.44. The lowest BCUT2D eigenvalue weighted by atomic mass is 9.97. The second-order valence-corrected chi connectivity index (χ2v) is 5.21. The second-order valence-electron chi connectivity index (χ2n) is 5.21. The van der Waals surface area contributed by atoms with Crippen molar-refractivity contribution in [3.05, 3.63) is 59.2 Å². The van der Waals surface area contributed by atoms with Gasteiger partial charge < -0.3 is 9.84 Å². The van der Waals surface area contributed by atoms with Crippen LogP contribution in [0.15, 0.2) is 35.3 Å². The summed E-state index contributed by atoms with van der Waals surface area (Å²) >= 11 is 0. The van der Waals surface area contributed by atoms with Crippen LogP contribution in [0, 0.1) is 29.2 Å². The monoisotopic (exact) mass is 383 g/mol. The number of halogens is 4. The number of rotatable bonds is 6. The smallest absolute Gasteiger partial charge is 0.322 e. The molecule has 1 N–H and O–H groups in total. The number of carbonyl (C=O) groups is 2. The lowest BCUT2D eigenvalue weighted by Gasteiger charge is -2.12. The van der Waals surface area contributed by atoms with Crippen molar-refractivity contribution in [1.29, 1.82) is 0 Å². The van der Waals surface area contributed by atoms with Crippen molar-refractivity contribution in [2.45, 2.75) is 6.92 Å². The van der Waals surface area contributed by atoms with Crippen LogP contribution in [-0.2, 0) is 9.53 Å². The minimum Gasteiger partial charge on any atom is -0.506 e. The van der Waals surface area contributed by atoms with E-state index in [1.54, 1.807) is 0 Å². The molecule has 2 rings (SSSR count). The van der Waals surface area contributed by atoms with Crippen molar-refractivity contribution in [2.24, 2.45) is 10.9 Å². The van der Waals surface area contributed by atoms with Gasteiger partial charge >= 0.3 is 5.97 Å². The summed E-state index contributed by atoms with van der Waals surface area (Å²) in [5.74, 6) is -12.7. The van der Waals surface area contributed by atoms with Gasteiger partial charge in [0.2, 0.25) is 0 Å². The van der Waals surface area contributed by atoms with Crippen molar-refractivity contribution < 1.29 is 37.0 Å². The molecule has 5 nitrogen and oxygen atoms in total. The summed E-state index contributed by atoms with van der Waals surface area (Å²) in [5.41, 5.74) is -1.19. The molecule has 1 atom stereocenters. The number of benzene rings is 2. The number of ether oxygens (including phenoxy) is 1. The van der Waals surface area contributed by atoms with Gasteiger partial charge in [-0.3, -0.25) is 14.6 Å². The van der Waals surface area contributed by atoms with Crippen LogP contribution in [0.1, 0.15) is 17.3 Å². The minimum absolute atomic E-state index is 0.0171. The van der Waals surface area contributed by atoms with Crippen LogP contribution >= 0.6 is 0 Å². The van der Waals surface area contributed by atoms with Crippen molar-refractivity contribution in [3.8, 4) is 5.75 Å². The maximum Gasteiger partial charge on any atom is 0.322 e. The molecule has 0 bridgehead atoms. The molecule has 0 aliphatic carbocycles. The van der Waals surface area contributed by atoms with Crippen molar-refractivity contribution in [1.82, 2.24) is 0 Å². The first-order chi connectivity index (χ1) is 12.8. The van der Waals surface area contributed by atoms with Crippen LogP contribution in [0.25, 0.3) is 0 Å². The van der Waals surface area contributed by atoms with E-state index >= 15 is 0 Å². The number of nitrogens with zero attached hydrogens (tertiary/aromatic N) is 1. The van der Waals surface area contributed by atoms with Gasteiger partial charge in [-0.25, -0.2) is 17.6 Å². The summed E-state index contributed by atoms with van der Waals surface area (Å²) in [4.78, 5) is 28.3. The molecular formula is C18H13F4NO4. The molecule has 0 radical (unpaired) electrons. The fourth-order valence-electron chi connectivity index (χ4n) is 2.12. The summed E-state index contributed by atoms with van der Waals surface area (Å²) in [5, 5.41) is 9.65. The molecule has 0 saturated carbocycles. The predicted octanol–water partition coefficient (Wildman–Crippen LogP) is 3.71. The van der Waals surface area contributed by atoms with Crippen molar-refractivity contribution in [2.75, 3.05) is 6.61 Å². The van der Waals surface area contributed by atoms with E-state index in [1.807, 2.05) is 0 Å². The van der Waals surface area contributed by atoms with Gasteiger partial charge in [0.05, 0.1) is 12.2 Å². The Labute approximate surface area is 150 Å². The highest BCUT2D eigenvalue weighted by Crippen LogP contribution is 2.26. The Morgan fingerprint density at radius 3 is 2.44 bits per heavy atom. The molecule has 0 fully saturated rings. The summed E-state index contributed by atoms with van der Waals surface area (Å²) in [6.45, 7) is 1.30. The molecule has 2 aromatic carbocycles. The molecule has 1 unspecified atom stereocenters. The molecule has 0 spiro atoms. The van der Waals surface area contributed by atoms with E-state index in [2.05, 4.69) is 4.99 Å². The van der Waals surface area contributed by atoms with Crippen molar-refractivity contribution >= 4 is 23.7 Å². The van der Waals surface area contributed by atoms with Gasteiger partial charge in [0.1, 0.15) is 11.4 Å². The van der Waals surface area contributed by atoms with Gasteiger partial charge in [0.15, 0.2) is 35.0 Å². The van der Waals surface area contributed by atoms with Crippen LogP contribution in [0.5, 0.6) is 5.75 Å². The number of esters is 1. The van der Waals surface area contributed by atoms with Gasteiger partial charge in [-0.05, 0) is 25.1 Å². The predicted molar refractivity (Wildman–Crippen MR) is 87.0 cm³/mol. The Hall–Kier alpha value is -3.23. The Morgan fingerprint density at radius 1 is 1.15 bits per heavy atom. The maximum absolute atomic E-state index is 13.9. The lowest BCUT2D eigenvalue weighted by Crippen LogP contribution is -2.29. The molecular weight excluding hydrogens is 370 g/mol. The van der Waals surface area contributed by atoms with E-state index in [0.717, 1.165) is 6.21 Å². The number of aromatic hydroxyl groups is 1. The van der Waals surface area contributed by atoms with Crippen LogP contribution in [0.4, 0.5) is 23.2 Å². The van der Waals surface area contributed by atoms with E-state index in [9.17, 15) is 32.3 Å². The average Bonchev–Trinajstić information content (AvgIpc) is 2.64. The zero-order valence-corrected chi connectivity index (χ0v) is 13.9. The first-order valence-electron chi connectivity index (χ1n) is 7.63. The Kier molecular flexibility index (Phi) is 6.27. The molecule has 2 aromatic rings. The first-order valence-corrected chi connectivity index (χ1v) is 7.63. The van der Waals surface area contributed by atoms with E-state index in [0.29, 0.717) is 0 Å². The summed E-state index contributed by atoms with van der Waals surface area (Å²) in [6, 6.07) is 5.81. The number of phenols is 1. The highest BCUT2D eigenvalue weighted by molar-refractivity contribution is 6.18. The molecule has 0 aliphatic heterocycles. The number of aliphatic imine (C=N–C) groups is 1. The molecule has 0 amide bonds. The topological polar surface area (TPSA) is 76.0 Å². The Bertz CT molecular complexity index is 914. The molecule has 9 heteroatoms. The zero-order chi connectivity index (χ0) is 20.1. The minimum atomic E-state index is -2.18. The zero-order valence-electron chi connectivity index (χ0n) is 13.9. The van der Waals surface area contributed by atoms with E-state index in [4.69, 9.17) is 4.74 Å². The molecule has 0 aromatic heterocycles. The van der Waals surface area contributed by atoms with Crippen LogP contribution in [0.3, 0.4) is 0 Å². The van der Waals surface area contributed by atoms with Crippen LogP contribution in [0.2, 0.25) is 0 Å². The van der Waals surface area contributed by atoms with Gasteiger partial charge in [-0.2, -0.15) is 0 Å². The standard InChI is InChI=1S/C18H13F4NO4/c1-2-27-18(26)10(8-23-12-5-3-4-6-13(12)24)17(25)9-7-11(19)15(21)16(22)14(9)20/h3-8,10,24H,2H2,1H3. The van der Waals surface area contributed by atoms with Gasteiger partial charge in [0.25, 0.3) is 0 Å². The highest BCUT2D eigenvalue weighted by atomic mass is 19.2. The highest BCUT2D eigenvalue weighted by Gasteiger charge is 2.32. The van der Waals surface area contributed by atoms with Gasteiger partial charge in [-0.15, -0.1) is 0 Å². The molecule has 27 heavy (non-hydrogen) atoms. The quantitative estimate of drug-likeness (QED) is 0.157. The Balaban J connectivity index is 2.47. The third kappa shape index (κ3) is 4.30. The lowest BCUT2D eigenvalue weighted by molar-refractivity contribution is -0.143. The fourth-order valence-corrected chi connectivity index (χ4v) is 2.12. The largest absolute Gasteiger partial charge is 0.506 e. The maximum atomic E-state index is 13.9. The average molecular weight is 383 g/mol. The molecule has 142 valence electrons. The van der Waals surface area contributed by atoms with Gasteiger partial charge in [0, 0.05) is 6.21 Å². The molecule has 0 aliphatic rings. The number of phenolic OH excluding ortho intramolecular Hbond substituents is 1. The summed E-state index contributed by atoms with van der Waals surface area (Å²) in [6.07, 6.45) is 0.744. The molecule has 0 heterocycles. The number of hydrogen-bond acceptors (Lipinski definition) is 5. The van der Waals surface area contributed by atoms with Crippen LogP contribution in [-0.4, -0.2) is 29.7 Å². The number of para-hydroxylation sites is 2. The number of hydrogen-bond donors (Lipinski definition) is 1. The van der Waals surface area contributed by atoms with E-state index in [-0.39, 0.29) is 24.1 Å². The van der Waals surface area contributed by atoms with Crippen LogP contribution < -0.4 is 0 Å². The number of ketones is 1. The van der Waals surface area contributed by atoms with Crippen molar-refractivity contribution in [3.63, 3.8) is 0 Å². The summed E-state index contributed by atoms with van der Waals surface area (Å²) in [7, 11) is 0. The Morgan fingerprint density at radius 2 is 1.81 bits per heavy atom. The van der Waals surface area contributed by atoms with Gasteiger partial charge in [-0.1, -0.05) is 12.1 Å². The first kappa shape index (κ1) is 20.1. The fraction of sp³-hybridized carbons (Fsp3) is 0.167. The second kappa shape index (κ2) is 8.43. The summed E-state index contributed by atoms with van der Waals surface area (Å²) < 4.78 is 58.4. The SMILES string of the molecule is CCOC(=O)C(C=Nc1ccccc1O)C(=O)c1cc(F)c(F)c(F)c1F. The normalized spacial score (nSPS) is 12.2. The number of Topliss-reactive ketones (excluding diaryl/α,β-unsaturated/α-hetero) is 1. The number of carbonyl (C=O) groups excluding carboxylic acids is 2. The van der Waals surface area contributed by atoms with E-state index < -0.39 is 46.5 Å².